The van der Waals surface area contributed by atoms with E-state index in [0.717, 1.165) is 23.3 Å². The third-order valence-electron chi connectivity index (χ3n) is 1.96. The van der Waals surface area contributed by atoms with Crippen LogP contribution in [-0.4, -0.2) is 32.1 Å². The maximum absolute atomic E-state index is 5.44. The Balaban J connectivity index is 2.72. The minimum atomic E-state index is 0.249. The van der Waals surface area contributed by atoms with E-state index in [1.807, 2.05) is 6.07 Å². The van der Waals surface area contributed by atoms with Crippen molar-refractivity contribution in [3.63, 3.8) is 0 Å². The lowest BCUT2D eigenvalue weighted by atomic mass is 10.2. The number of hydrogen-bond acceptors (Lipinski definition) is 3. The number of nitrogens with zero attached hydrogens (tertiary/aromatic N) is 1. The summed E-state index contributed by atoms with van der Waals surface area (Å²) in [7, 11) is 4.11. The van der Waals surface area contributed by atoms with Gasteiger partial charge < -0.3 is 14.6 Å². The number of halogens is 1. The zero-order valence-corrected chi connectivity index (χ0v) is 10.5. The first-order valence-electron chi connectivity index (χ1n) is 4.76. The van der Waals surface area contributed by atoms with E-state index in [1.54, 1.807) is 6.26 Å². The van der Waals surface area contributed by atoms with Crippen molar-refractivity contribution < 1.29 is 4.42 Å². The highest BCUT2D eigenvalue weighted by molar-refractivity contribution is 9.10. The van der Waals surface area contributed by atoms with Gasteiger partial charge in [0.2, 0.25) is 0 Å². The van der Waals surface area contributed by atoms with E-state index < -0.39 is 0 Å². The first-order chi connectivity index (χ1) is 6.65. The summed E-state index contributed by atoms with van der Waals surface area (Å²) in [5, 5.41) is 3.39. The Morgan fingerprint density at radius 1 is 1.57 bits per heavy atom. The van der Waals surface area contributed by atoms with Gasteiger partial charge in [-0.2, -0.15) is 0 Å². The van der Waals surface area contributed by atoms with Crippen molar-refractivity contribution in [2.75, 3.05) is 27.2 Å². The summed E-state index contributed by atoms with van der Waals surface area (Å²) < 4.78 is 6.48. The van der Waals surface area contributed by atoms with Crippen LogP contribution in [-0.2, 0) is 0 Å². The summed E-state index contributed by atoms with van der Waals surface area (Å²) in [5.74, 6) is 0.973. The number of likely N-dealkylation sites (N-methyl/N-ethyl adjacent to an activating group) is 2. The zero-order valence-electron chi connectivity index (χ0n) is 8.88. The van der Waals surface area contributed by atoms with Gasteiger partial charge in [-0.1, -0.05) is 6.92 Å². The molecule has 1 aromatic rings. The fourth-order valence-corrected chi connectivity index (χ4v) is 1.88. The highest BCUT2D eigenvalue weighted by atomic mass is 79.9. The van der Waals surface area contributed by atoms with E-state index in [1.165, 1.54) is 0 Å². The number of nitrogens with one attached hydrogen (secondary N) is 1. The van der Waals surface area contributed by atoms with Crippen molar-refractivity contribution in [3.8, 4) is 0 Å². The molecule has 1 heterocycles. The van der Waals surface area contributed by atoms with Crippen LogP contribution >= 0.6 is 15.9 Å². The van der Waals surface area contributed by atoms with E-state index in [0.29, 0.717) is 0 Å². The van der Waals surface area contributed by atoms with Gasteiger partial charge in [0.15, 0.2) is 0 Å². The second-order valence-electron chi connectivity index (χ2n) is 3.51. The smallest absolute Gasteiger partial charge is 0.136 e. The summed E-state index contributed by atoms with van der Waals surface area (Å²) in [4.78, 5) is 2.14. The van der Waals surface area contributed by atoms with Gasteiger partial charge in [-0.3, -0.25) is 0 Å². The van der Waals surface area contributed by atoms with E-state index in [9.17, 15) is 0 Å². The third kappa shape index (κ3) is 3.12. The van der Waals surface area contributed by atoms with Gasteiger partial charge in [-0.15, -0.1) is 0 Å². The number of hydrogen-bond donors (Lipinski definition) is 1. The van der Waals surface area contributed by atoms with E-state index in [2.05, 4.69) is 47.2 Å². The summed E-state index contributed by atoms with van der Waals surface area (Å²) in [6, 6.07) is 2.18. The van der Waals surface area contributed by atoms with Crippen molar-refractivity contribution >= 4 is 15.9 Å². The molecule has 0 aliphatic rings. The Morgan fingerprint density at radius 2 is 2.29 bits per heavy atom. The van der Waals surface area contributed by atoms with Crippen LogP contribution in [0.1, 0.15) is 18.7 Å². The van der Waals surface area contributed by atoms with Crippen LogP contribution in [0, 0.1) is 0 Å². The molecule has 0 fully saturated rings. The van der Waals surface area contributed by atoms with E-state index in [4.69, 9.17) is 4.42 Å². The summed E-state index contributed by atoms with van der Waals surface area (Å²) in [5.41, 5.74) is 0. The molecule has 0 saturated heterocycles. The van der Waals surface area contributed by atoms with Crippen LogP contribution in [0.2, 0.25) is 0 Å². The molecule has 3 nitrogen and oxygen atoms in total. The van der Waals surface area contributed by atoms with E-state index >= 15 is 0 Å². The standard InChI is InChI=1S/C10H17BrN2O/c1-4-12-9(7-13(2)3)10-8(11)5-6-14-10/h5-6,9,12H,4,7H2,1-3H3. The SMILES string of the molecule is CCNC(CN(C)C)c1occc1Br. The Labute approximate surface area is 93.6 Å². The normalized spacial score (nSPS) is 13.5. The van der Waals surface area contributed by atoms with Gasteiger partial charge in [-0.05, 0) is 42.6 Å². The molecule has 1 unspecified atom stereocenters. The fraction of sp³-hybridized carbons (Fsp3) is 0.600. The number of furan rings is 1. The molecule has 0 aliphatic carbocycles. The van der Waals surface area contributed by atoms with Crippen LogP contribution in [0.4, 0.5) is 0 Å². The molecular weight excluding hydrogens is 244 g/mol. The monoisotopic (exact) mass is 260 g/mol. The van der Waals surface area contributed by atoms with Gasteiger partial charge in [0.1, 0.15) is 5.76 Å². The van der Waals surface area contributed by atoms with Gasteiger partial charge in [-0.25, -0.2) is 0 Å². The van der Waals surface area contributed by atoms with Gasteiger partial charge in [0, 0.05) is 6.54 Å². The lowest BCUT2D eigenvalue weighted by molar-refractivity contribution is 0.311. The molecule has 1 aromatic heterocycles. The first-order valence-corrected chi connectivity index (χ1v) is 5.55. The van der Waals surface area contributed by atoms with Crippen LogP contribution in [0.15, 0.2) is 21.2 Å². The average molecular weight is 261 g/mol. The molecule has 0 saturated carbocycles. The summed E-state index contributed by atoms with van der Waals surface area (Å²) >= 11 is 3.47. The van der Waals surface area contributed by atoms with E-state index in [-0.39, 0.29) is 6.04 Å². The Bertz CT molecular complexity index is 273. The molecular formula is C10H17BrN2O. The molecule has 1 N–H and O–H groups in total. The van der Waals surface area contributed by atoms with Crippen LogP contribution in [0.3, 0.4) is 0 Å². The fourth-order valence-electron chi connectivity index (χ4n) is 1.41. The first kappa shape index (κ1) is 11.8. The third-order valence-corrected chi connectivity index (χ3v) is 2.61. The lowest BCUT2D eigenvalue weighted by Gasteiger charge is -2.20. The predicted octanol–water partition coefficient (Wildman–Crippen LogP) is 2.25. The minimum absolute atomic E-state index is 0.249. The zero-order chi connectivity index (χ0) is 10.6. The molecule has 0 spiro atoms. The van der Waals surface area contributed by atoms with Crippen molar-refractivity contribution in [1.29, 1.82) is 0 Å². The minimum Gasteiger partial charge on any atom is -0.466 e. The quantitative estimate of drug-likeness (QED) is 0.881. The highest BCUT2D eigenvalue weighted by Gasteiger charge is 2.17. The Kier molecular flexibility index (Phi) is 4.65. The van der Waals surface area contributed by atoms with Crippen molar-refractivity contribution in [1.82, 2.24) is 10.2 Å². The molecule has 0 bridgehead atoms. The molecule has 14 heavy (non-hydrogen) atoms. The van der Waals surface area contributed by atoms with Crippen molar-refractivity contribution in [2.45, 2.75) is 13.0 Å². The topological polar surface area (TPSA) is 28.4 Å². The largest absolute Gasteiger partial charge is 0.466 e. The molecule has 1 atom stereocenters. The molecule has 0 radical (unpaired) electrons. The average Bonchev–Trinajstić information content (AvgIpc) is 2.50. The molecule has 80 valence electrons. The summed E-state index contributed by atoms with van der Waals surface area (Å²) in [6.45, 7) is 3.96. The second-order valence-corrected chi connectivity index (χ2v) is 4.36. The molecule has 0 amide bonds. The van der Waals surface area contributed by atoms with Crippen molar-refractivity contribution in [3.05, 3.63) is 22.6 Å². The number of rotatable bonds is 5. The summed E-state index contributed by atoms with van der Waals surface area (Å²) in [6.07, 6.45) is 1.71. The van der Waals surface area contributed by atoms with Gasteiger partial charge >= 0.3 is 0 Å². The molecule has 0 aliphatic heterocycles. The lowest BCUT2D eigenvalue weighted by Crippen LogP contribution is -2.30. The maximum atomic E-state index is 5.44. The predicted molar refractivity (Wildman–Crippen MR) is 61.4 cm³/mol. The molecule has 4 heteroatoms. The Hall–Kier alpha value is -0.320. The van der Waals surface area contributed by atoms with Crippen LogP contribution in [0.5, 0.6) is 0 Å². The molecule has 0 aromatic carbocycles. The molecule has 1 rings (SSSR count). The highest BCUT2D eigenvalue weighted by Crippen LogP contribution is 2.24. The van der Waals surface area contributed by atoms with Gasteiger partial charge in [0.05, 0.1) is 16.8 Å². The van der Waals surface area contributed by atoms with Crippen LogP contribution in [0.25, 0.3) is 0 Å². The second kappa shape index (κ2) is 5.53. The maximum Gasteiger partial charge on any atom is 0.136 e. The van der Waals surface area contributed by atoms with Gasteiger partial charge in [0.25, 0.3) is 0 Å². The van der Waals surface area contributed by atoms with Crippen LogP contribution < -0.4 is 5.32 Å². The Morgan fingerprint density at radius 3 is 2.71 bits per heavy atom. The van der Waals surface area contributed by atoms with Crippen molar-refractivity contribution in [2.24, 2.45) is 0 Å².